The van der Waals surface area contributed by atoms with Gasteiger partial charge in [0.05, 0.1) is 12.8 Å². The maximum atomic E-state index is 11.3. The summed E-state index contributed by atoms with van der Waals surface area (Å²) in [5.41, 5.74) is 1.68. The first-order chi connectivity index (χ1) is 8.27. The Balaban J connectivity index is 2.36. The van der Waals surface area contributed by atoms with Crippen molar-refractivity contribution in [2.24, 2.45) is 0 Å². The zero-order valence-electron chi connectivity index (χ0n) is 10.3. The fourth-order valence-corrected chi connectivity index (χ4v) is 1.40. The van der Waals surface area contributed by atoms with E-state index in [1.165, 1.54) is 7.11 Å². The van der Waals surface area contributed by atoms with Crippen molar-refractivity contribution in [1.82, 2.24) is 10.3 Å². The average Bonchev–Trinajstić information content (AvgIpc) is 2.39. The Morgan fingerprint density at radius 3 is 2.94 bits per heavy atom. The topological polar surface area (TPSA) is 51.2 Å². The van der Waals surface area contributed by atoms with E-state index in [1.54, 1.807) is 6.20 Å². The van der Waals surface area contributed by atoms with Crippen LogP contribution in [0.25, 0.3) is 0 Å². The first kappa shape index (κ1) is 13.4. The molecule has 0 aliphatic rings. The first-order valence-electron chi connectivity index (χ1n) is 5.66. The minimum Gasteiger partial charge on any atom is -0.466 e. The number of hydrogen-bond acceptors (Lipinski definition) is 4. The highest BCUT2D eigenvalue weighted by atomic mass is 16.5. The average molecular weight is 234 g/mol. The predicted molar refractivity (Wildman–Crippen MR) is 66.3 cm³/mol. The van der Waals surface area contributed by atoms with Crippen LogP contribution in [0.5, 0.6) is 0 Å². The van der Waals surface area contributed by atoms with Crippen LogP contribution < -0.4 is 5.32 Å². The van der Waals surface area contributed by atoms with Crippen molar-refractivity contribution in [3.8, 4) is 0 Å². The quantitative estimate of drug-likeness (QED) is 0.462. The van der Waals surface area contributed by atoms with Gasteiger partial charge in [0, 0.05) is 24.9 Å². The number of aromatic nitrogens is 1. The van der Waals surface area contributed by atoms with Gasteiger partial charge in [0.15, 0.2) is 0 Å². The molecule has 0 aromatic carbocycles. The van der Waals surface area contributed by atoms with E-state index >= 15 is 0 Å². The zero-order valence-corrected chi connectivity index (χ0v) is 10.3. The number of hydrogen-bond donors (Lipinski definition) is 1. The van der Waals surface area contributed by atoms with Gasteiger partial charge in [-0.25, -0.2) is 4.79 Å². The lowest BCUT2D eigenvalue weighted by molar-refractivity contribution is -0.136. The van der Waals surface area contributed by atoms with Crippen molar-refractivity contribution in [2.75, 3.05) is 13.7 Å². The van der Waals surface area contributed by atoms with Crippen LogP contribution in [0.15, 0.2) is 36.0 Å². The van der Waals surface area contributed by atoms with Crippen LogP contribution in [-0.2, 0) is 16.1 Å². The van der Waals surface area contributed by atoms with Crippen LogP contribution in [0.3, 0.4) is 0 Å². The Morgan fingerprint density at radius 2 is 2.35 bits per heavy atom. The molecule has 0 unspecified atom stereocenters. The third kappa shape index (κ3) is 4.78. The second-order valence-corrected chi connectivity index (χ2v) is 3.53. The molecule has 1 aromatic rings. The second-order valence-electron chi connectivity index (χ2n) is 3.53. The standard InChI is InChI=1S/C13H18N2O2/c1-3-11(13(16)17-2)7-9-14-10-12-6-4-5-8-15-12/h4-8,14H,3,9-10H2,1-2H3/b11-7-. The Kier molecular flexibility index (Phi) is 5.96. The summed E-state index contributed by atoms with van der Waals surface area (Å²) in [7, 11) is 1.40. The number of rotatable bonds is 6. The highest BCUT2D eigenvalue weighted by Gasteiger charge is 2.05. The lowest BCUT2D eigenvalue weighted by atomic mass is 10.2. The van der Waals surface area contributed by atoms with Crippen molar-refractivity contribution in [1.29, 1.82) is 0 Å². The fourth-order valence-electron chi connectivity index (χ4n) is 1.40. The Hall–Kier alpha value is -1.68. The molecule has 4 nitrogen and oxygen atoms in total. The molecule has 0 bridgehead atoms. The van der Waals surface area contributed by atoms with Crippen LogP contribution in [0.2, 0.25) is 0 Å². The molecule has 1 N–H and O–H groups in total. The highest BCUT2D eigenvalue weighted by molar-refractivity contribution is 5.88. The number of esters is 1. The smallest absolute Gasteiger partial charge is 0.333 e. The van der Waals surface area contributed by atoms with Gasteiger partial charge in [-0.1, -0.05) is 19.1 Å². The number of methoxy groups -OCH3 is 1. The van der Waals surface area contributed by atoms with Gasteiger partial charge in [0.2, 0.25) is 0 Å². The van der Waals surface area contributed by atoms with E-state index < -0.39 is 0 Å². The normalized spacial score (nSPS) is 11.3. The number of nitrogens with one attached hydrogen (secondary N) is 1. The van der Waals surface area contributed by atoms with Gasteiger partial charge in [0.25, 0.3) is 0 Å². The van der Waals surface area contributed by atoms with Crippen molar-refractivity contribution < 1.29 is 9.53 Å². The van der Waals surface area contributed by atoms with Crippen molar-refractivity contribution in [3.63, 3.8) is 0 Å². The van der Waals surface area contributed by atoms with E-state index in [4.69, 9.17) is 0 Å². The van der Waals surface area contributed by atoms with Gasteiger partial charge in [-0.2, -0.15) is 0 Å². The van der Waals surface area contributed by atoms with E-state index in [-0.39, 0.29) is 5.97 Å². The van der Waals surface area contributed by atoms with E-state index in [2.05, 4.69) is 15.0 Å². The molecule has 1 heterocycles. The summed E-state index contributed by atoms with van der Waals surface area (Å²) in [6.45, 7) is 3.26. The third-order valence-corrected chi connectivity index (χ3v) is 2.35. The summed E-state index contributed by atoms with van der Waals surface area (Å²) in [5.74, 6) is -0.257. The van der Waals surface area contributed by atoms with Gasteiger partial charge < -0.3 is 10.1 Å². The largest absolute Gasteiger partial charge is 0.466 e. The summed E-state index contributed by atoms with van der Waals surface area (Å²) in [6, 6.07) is 5.79. The van der Waals surface area contributed by atoms with Crippen LogP contribution in [0, 0.1) is 0 Å². The van der Waals surface area contributed by atoms with E-state index in [1.807, 2.05) is 31.2 Å². The number of carbonyl (C=O) groups is 1. The van der Waals surface area contributed by atoms with Crippen LogP contribution in [0.4, 0.5) is 0 Å². The van der Waals surface area contributed by atoms with Gasteiger partial charge in [-0.05, 0) is 18.6 Å². The van der Waals surface area contributed by atoms with E-state index in [0.29, 0.717) is 25.1 Å². The molecule has 0 saturated heterocycles. The maximum absolute atomic E-state index is 11.3. The summed E-state index contributed by atoms with van der Waals surface area (Å²) in [6.07, 6.45) is 4.30. The van der Waals surface area contributed by atoms with Crippen LogP contribution in [-0.4, -0.2) is 24.6 Å². The predicted octanol–water partition coefficient (Wildman–Crippen LogP) is 1.68. The zero-order chi connectivity index (χ0) is 12.5. The summed E-state index contributed by atoms with van der Waals surface area (Å²) in [4.78, 5) is 15.5. The molecule has 0 saturated carbocycles. The minimum atomic E-state index is -0.257. The first-order valence-corrected chi connectivity index (χ1v) is 5.66. The molecule has 0 radical (unpaired) electrons. The summed E-state index contributed by atoms with van der Waals surface area (Å²) in [5, 5.41) is 3.20. The highest BCUT2D eigenvalue weighted by Crippen LogP contribution is 2.02. The molecule has 92 valence electrons. The van der Waals surface area contributed by atoms with Gasteiger partial charge in [-0.15, -0.1) is 0 Å². The number of carbonyl (C=O) groups excluding carboxylic acids is 1. The Labute approximate surface area is 102 Å². The van der Waals surface area contributed by atoms with E-state index in [9.17, 15) is 4.79 Å². The number of nitrogens with zero attached hydrogens (tertiary/aromatic N) is 1. The molecule has 0 atom stereocenters. The minimum absolute atomic E-state index is 0.257. The lowest BCUT2D eigenvalue weighted by Crippen LogP contribution is -2.15. The molecular formula is C13H18N2O2. The van der Waals surface area contributed by atoms with Gasteiger partial charge in [0.1, 0.15) is 0 Å². The van der Waals surface area contributed by atoms with Gasteiger partial charge in [-0.3, -0.25) is 4.98 Å². The molecule has 0 amide bonds. The number of pyridine rings is 1. The van der Waals surface area contributed by atoms with Crippen molar-refractivity contribution >= 4 is 5.97 Å². The van der Waals surface area contributed by atoms with Crippen molar-refractivity contribution in [2.45, 2.75) is 19.9 Å². The molecular weight excluding hydrogens is 216 g/mol. The molecule has 0 fully saturated rings. The monoisotopic (exact) mass is 234 g/mol. The van der Waals surface area contributed by atoms with Crippen LogP contribution >= 0.6 is 0 Å². The van der Waals surface area contributed by atoms with Crippen LogP contribution in [0.1, 0.15) is 19.0 Å². The molecule has 0 spiro atoms. The Morgan fingerprint density at radius 1 is 1.53 bits per heavy atom. The van der Waals surface area contributed by atoms with Gasteiger partial charge >= 0.3 is 5.97 Å². The molecule has 0 aliphatic carbocycles. The molecule has 17 heavy (non-hydrogen) atoms. The molecule has 1 rings (SSSR count). The molecule has 4 heteroatoms. The fraction of sp³-hybridized carbons (Fsp3) is 0.385. The number of ether oxygens (including phenoxy) is 1. The van der Waals surface area contributed by atoms with E-state index in [0.717, 1.165) is 5.69 Å². The maximum Gasteiger partial charge on any atom is 0.333 e. The summed E-state index contributed by atoms with van der Waals surface area (Å²) >= 11 is 0. The second kappa shape index (κ2) is 7.57. The summed E-state index contributed by atoms with van der Waals surface area (Å²) < 4.78 is 4.67. The van der Waals surface area contributed by atoms with Crippen molar-refractivity contribution in [3.05, 3.63) is 41.7 Å². The lowest BCUT2D eigenvalue weighted by Gasteiger charge is -2.04. The molecule has 0 aliphatic heterocycles. The molecule has 1 aromatic heterocycles. The SMILES string of the molecule is CC/C(=C/CNCc1ccccn1)C(=O)OC. The Bertz CT molecular complexity index is 374. The third-order valence-electron chi connectivity index (χ3n) is 2.35.